The summed E-state index contributed by atoms with van der Waals surface area (Å²) in [5, 5.41) is 13.7. The van der Waals surface area contributed by atoms with Crippen LogP contribution in [0.3, 0.4) is 0 Å². The van der Waals surface area contributed by atoms with Crippen molar-refractivity contribution in [1.29, 1.82) is 0 Å². The zero-order chi connectivity index (χ0) is 17.2. The third-order valence-electron chi connectivity index (χ3n) is 3.86. The molecule has 0 radical (unpaired) electrons. The SMILES string of the molecule is Cc1ccc(CSc2nnc3ccc(-c4ccc(F)cc4)nn23)cc1. The van der Waals surface area contributed by atoms with Crippen molar-refractivity contribution in [3.8, 4) is 11.3 Å². The Bertz CT molecular complexity index is 1010. The molecule has 0 amide bonds. The maximum Gasteiger partial charge on any atom is 0.212 e. The van der Waals surface area contributed by atoms with E-state index >= 15 is 0 Å². The van der Waals surface area contributed by atoms with Crippen LogP contribution in [0.5, 0.6) is 0 Å². The third-order valence-corrected chi connectivity index (χ3v) is 4.85. The number of fused-ring (bicyclic) bond motifs is 1. The molecule has 0 fully saturated rings. The van der Waals surface area contributed by atoms with Crippen LogP contribution < -0.4 is 0 Å². The van der Waals surface area contributed by atoms with Crippen LogP contribution in [0.25, 0.3) is 16.9 Å². The number of aryl methyl sites for hydroxylation is 1. The Kier molecular flexibility index (Phi) is 4.19. The second kappa shape index (κ2) is 6.64. The molecule has 0 saturated carbocycles. The van der Waals surface area contributed by atoms with Crippen LogP contribution in [0.4, 0.5) is 4.39 Å². The molecule has 25 heavy (non-hydrogen) atoms. The first-order chi connectivity index (χ1) is 12.2. The van der Waals surface area contributed by atoms with E-state index in [9.17, 15) is 4.39 Å². The van der Waals surface area contributed by atoms with Gasteiger partial charge < -0.3 is 0 Å². The minimum atomic E-state index is -0.261. The summed E-state index contributed by atoms with van der Waals surface area (Å²) in [5.41, 5.74) is 4.77. The molecule has 4 rings (SSSR count). The Morgan fingerprint density at radius 1 is 0.920 bits per heavy atom. The van der Waals surface area contributed by atoms with E-state index in [-0.39, 0.29) is 5.82 Å². The summed E-state index contributed by atoms with van der Waals surface area (Å²) in [5.74, 6) is 0.534. The molecule has 0 unspecified atom stereocenters. The van der Waals surface area contributed by atoms with Crippen LogP contribution in [-0.4, -0.2) is 19.8 Å². The monoisotopic (exact) mass is 350 g/mol. The van der Waals surface area contributed by atoms with E-state index in [1.165, 1.54) is 23.3 Å². The molecule has 2 aromatic heterocycles. The molecule has 0 aliphatic rings. The lowest BCUT2D eigenvalue weighted by molar-refractivity contribution is 0.628. The van der Waals surface area contributed by atoms with Gasteiger partial charge in [-0.3, -0.25) is 0 Å². The summed E-state index contributed by atoms with van der Waals surface area (Å²) in [6.07, 6.45) is 0. The molecule has 0 aliphatic heterocycles. The first-order valence-corrected chi connectivity index (χ1v) is 8.84. The molecule has 0 N–H and O–H groups in total. The van der Waals surface area contributed by atoms with E-state index in [4.69, 9.17) is 0 Å². The lowest BCUT2D eigenvalue weighted by Gasteiger charge is -2.04. The van der Waals surface area contributed by atoms with Crippen LogP contribution in [-0.2, 0) is 5.75 Å². The van der Waals surface area contributed by atoms with E-state index < -0.39 is 0 Å². The minimum absolute atomic E-state index is 0.261. The number of hydrogen-bond acceptors (Lipinski definition) is 4. The van der Waals surface area contributed by atoms with Crippen molar-refractivity contribution >= 4 is 17.4 Å². The fourth-order valence-electron chi connectivity index (χ4n) is 2.47. The van der Waals surface area contributed by atoms with Crippen LogP contribution >= 0.6 is 11.8 Å². The van der Waals surface area contributed by atoms with E-state index in [1.54, 1.807) is 28.4 Å². The molecular weight excluding hydrogens is 335 g/mol. The summed E-state index contributed by atoms with van der Waals surface area (Å²) < 4.78 is 14.8. The highest BCUT2D eigenvalue weighted by Gasteiger charge is 2.10. The number of thioether (sulfide) groups is 1. The van der Waals surface area contributed by atoms with Gasteiger partial charge in [-0.05, 0) is 48.9 Å². The number of benzene rings is 2. The summed E-state index contributed by atoms with van der Waals surface area (Å²) in [6, 6.07) is 18.5. The second-order valence-electron chi connectivity index (χ2n) is 5.75. The molecular formula is C19H15FN4S. The number of aromatic nitrogens is 4. The smallest absolute Gasteiger partial charge is 0.207 e. The van der Waals surface area contributed by atoms with Crippen molar-refractivity contribution in [2.75, 3.05) is 0 Å². The second-order valence-corrected chi connectivity index (χ2v) is 6.69. The van der Waals surface area contributed by atoms with Gasteiger partial charge in [0.25, 0.3) is 0 Å². The summed E-state index contributed by atoms with van der Waals surface area (Å²) in [7, 11) is 0. The maximum absolute atomic E-state index is 13.1. The van der Waals surface area contributed by atoms with Gasteiger partial charge in [0.05, 0.1) is 5.69 Å². The van der Waals surface area contributed by atoms with Crippen LogP contribution in [0.1, 0.15) is 11.1 Å². The number of hydrogen-bond donors (Lipinski definition) is 0. The average molecular weight is 350 g/mol. The van der Waals surface area contributed by atoms with Crippen molar-refractivity contribution < 1.29 is 4.39 Å². The van der Waals surface area contributed by atoms with Gasteiger partial charge in [0.15, 0.2) is 5.65 Å². The Balaban J connectivity index is 1.62. The summed E-state index contributed by atoms with van der Waals surface area (Å²) in [6.45, 7) is 2.07. The van der Waals surface area contributed by atoms with Crippen molar-refractivity contribution in [3.63, 3.8) is 0 Å². The van der Waals surface area contributed by atoms with Crippen molar-refractivity contribution in [1.82, 2.24) is 19.8 Å². The predicted octanol–water partition coefficient (Wildman–Crippen LogP) is 4.53. The van der Waals surface area contributed by atoms with Gasteiger partial charge in [-0.2, -0.15) is 9.61 Å². The van der Waals surface area contributed by atoms with E-state index in [0.29, 0.717) is 5.65 Å². The Labute approximate surface area is 148 Å². The Morgan fingerprint density at radius 2 is 1.68 bits per heavy atom. The van der Waals surface area contributed by atoms with E-state index in [1.807, 2.05) is 12.1 Å². The van der Waals surface area contributed by atoms with Gasteiger partial charge in [-0.15, -0.1) is 10.2 Å². The molecule has 6 heteroatoms. The molecule has 124 valence electrons. The van der Waals surface area contributed by atoms with Crippen molar-refractivity contribution in [2.45, 2.75) is 17.8 Å². The summed E-state index contributed by atoms with van der Waals surface area (Å²) >= 11 is 1.59. The summed E-state index contributed by atoms with van der Waals surface area (Å²) in [4.78, 5) is 0. The van der Waals surface area contributed by atoms with Gasteiger partial charge in [-0.1, -0.05) is 41.6 Å². The lowest BCUT2D eigenvalue weighted by atomic mass is 10.1. The highest BCUT2D eigenvalue weighted by molar-refractivity contribution is 7.98. The number of nitrogens with zero attached hydrogens (tertiary/aromatic N) is 4. The lowest BCUT2D eigenvalue weighted by Crippen LogP contribution is -1.96. The number of halogens is 1. The molecule has 0 atom stereocenters. The molecule has 4 aromatic rings. The molecule has 0 saturated heterocycles. The zero-order valence-electron chi connectivity index (χ0n) is 13.6. The molecule has 0 bridgehead atoms. The van der Waals surface area contributed by atoms with Gasteiger partial charge in [0.1, 0.15) is 5.82 Å². The molecule has 2 aromatic carbocycles. The number of rotatable bonds is 4. The van der Waals surface area contributed by atoms with Gasteiger partial charge >= 0.3 is 0 Å². The highest BCUT2D eigenvalue weighted by atomic mass is 32.2. The van der Waals surface area contributed by atoms with Gasteiger partial charge in [0.2, 0.25) is 5.16 Å². The largest absolute Gasteiger partial charge is 0.212 e. The normalized spacial score (nSPS) is 11.1. The molecule has 2 heterocycles. The van der Waals surface area contributed by atoms with Crippen molar-refractivity contribution in [3.05, 3.63) is 77.6 Å². The van der Waals surface area contributed by atoms with Crippen LogP contribution in [0, 0.1) is 12.7 Å². The maximum atomic E-state index is 13.1. The Morgan fingerprint density at radius 3 is 2.44 bits per heavy atom. The Hall–Kier alpha value is -2.73. The topological polar surface area (TPSA) is 43.1 Å². The first kappa shape index (κ1) is 15.8. The van der Waals surface area contributed by atoms with Crippen LogP contribution in [0.15, 0.2) is 65.8 Å². The zero-order valence-corrected chi connectivity index (χ0v) is 14.4. The van der Waals surface area contributed by atoms with E-state index in [2.05, 4.69) is 46.5 Å². The van der Waals surface area contributed by atoms with E-state index in [0.717, 1.165) is 22.2 Å². The fourth-order valence-corrected chi connectivity index (χ4v) is 3.31. The van der Waals surface area contributed by atoms with Gasteiger partial charge in [-0.25, -0.2) is 4.39 Å². The standard InChI is InChI=1S/C19H15FN4S/c1-13-2-4-14(5-3-13)12-25-19-22-21-18-11-10-17(23-24(18)19)15-6-8-16(20)9-7-15/h2-11H,12H2,1H3. The average Bonchev–Trinajstić information content (AvgIpc) is 3.04. The molecule has 4 nitrogen and oxygen atoms in total. The molecule has 0 aliphatic carbocycles. The molecule has 0 spiro atoms. The quantitative estimate of drug-likeness (QED) is 0.507. The van der Waals surface area contributed by atoms with Crippen LogP contribution in [0.2, 0.25) is 0 Å². The van der Waals surface area contributed by atoms with Crippen molar-refractivity contribution in [2.24, 2.45) is 0 Å². The fraction of sp³-hybridized carbons (Fsp3) is 0.105. The van der Waals surface area contributed by atoms with Gasteiger partial charge in [0, 0.05) is 11.3 Å². The predicted molar refractivity (Wildman–Crippen MR) is 96.9 cm³/mol. The first-order valence-electron chi connectivity index (χ1n) is 7.86. The highest BCUT2D eigenvalue weighted by Crippen LogP contribution is 2.23. The minimum Gasteiger partial charge on any atom is -0.207 e. The third kappa shape index (κ3) is 3.39.